The standard InChI is InChI=1S/C27H38N6O4/c1-4-9-32-10-7-17(8-11-32)18-5-6-19(26(28)35)20(13-18)21(12-16(2)3)27(36)33-14-22(30-31-29)25-24(33)23(34)15-37-25/h5-6,13,16-17,21-22,24-25H,4,7-12,14-15H2,1-3H3,(H2,28,35)/t21-,22+,24+,25+/m0/s1. The second-order valence-electron chi connectivity index (χ2n) is 11.0. The molecule has 0 radical (unpaired) electrons. The van der Waals surface area contributed by atoms with Gasteiger partial charge in [-0.1, -0.05) is 38.0 Å². The average Bonchev–Trinajstić information content (AvgIpc) is 3.43. The van der Waals surface area contributed by atoms with E-state index in [1.165, 1.54) is 4.90 Å². The minimum absolute atomic E-state index is 0.107. The van der Waals surface area contributed by atoms with Crippen LogP contribution in [0.1, 0.15) is 79.8 Å². The molecular weight excluding hydrogens is 472 g/mol. The van der Waals surface area contributed by atoms with Crippen molar-refractivity contribution in [3.63, 3.8) is 0 Å². The number of amides is 2. The number of fused-ring (bicyclic) bond motifs is 1. The van der Waals surface area contributed by atoms with Gasteiger partial charge in [-0.05, 0) is 79.9 Å². The lowest BCUT2D eigenvalue weighted by Crippen LogP contribution is -2.44. The SMILES string of the molecule is CCCN1CCC(c2ccc(C(N)=O)c([C@H](CC(C)C)C(=O)N3C[C@@H](N=[N+]=[N-])[C@H]4OCC(=O)[C@H]43)c2)CC1. The van der Waals surface area contributed by atoms with Crippen molar-refractivity contribution in [3.8, 4) is 0 Å². The zero-order valence-corrected chi connectivity index (χ0v) is 22.0. The van der Waals surface area contributed by atoms with E-state index in [-0.39, 0.29) is 30.8 Å². The van der Waals surface area contributed by atoms with Crippen LogP contribution in [0.2, 0.25) is 0 Å². The highest BCUT2D eigenvalue weighted by molar-refractivity contribution is 5.99. The number of hydrogen-bond acceptors (Lipinski definition) is 6. The third-order valence-electron chi connectivity index (χ3n) is 7.96. The number of ether oxygens (including phenoxy) is 1. The summed E-state index contributed by atoms with van der Waals surface area (Å²) in [5.74, 6) is -1.18. The van der Waals surface area contributed by atoms with Gasteiger partial charge in [-0.15, -0.1) is 0 Å². The van der Waals surface area contributed by atoms with E-state index < -0.39 is 30.0 Å². The molecule has 2 N–H and O–H groups in total. The van der Waals surface area contributed by atoms with Crippen molar-refractivity contribution < 1.29 is 19.1 Å². The molecule has 3 fully saturated rings. The van der Waals surface area contributed by atoms with Crippen molar-refractivity contribution in [2.75, 3.05) is 32.8 Å². The minimum Gasteiger partial charge on any atom is -0.367 e. The van der Waals surface area contributed by atoms with E-state index in [4.69, 9.17) is 16.0 Å². The van der Waals surface area contributed by atoms with Crippen LogP contribution in [0.25, 0.3) is 10.4 Å². The Morgan fingerprint density at radius 2 is 2.00 bits per heavy atom. The van der Waals surface area contributed by atoms with Crippen molar-refractivity contribution in [2.24, 2.45) is 16.8 Å². The third-order valence-corrected chi connectivity index (χ3v) is 7.96. The molecule has 3 saturated heterocycles. The van der Waals surface area contributed by atoms with Crippen LogP contribution in [0.4, 0.5) is 0 Å². The summed E-state index contributed by atoms with van der Waals surface area (Å²) in [4.78, 5) is 46.2. The van der Waals surface area contributed by atoms with Crippen LogP contribution in [0.15, 0.2) is 23.3 Å². The lowest BCUT2D eigenvalue weighted by Gasteiger charge is -2.33. The molecule has 0 aromatic heterocycles. The molecule has 2 amide bonds. The second-order valence-corrected chi connectivity index (χ2v) is 11.0. The molecule has 10 heteroatoms. The molecule has 4 rings (SSSR count). The van der Waals surface area contributed by atoms with Gasteiger partial charge in [0, 0.05) is 17.0 Å². The largest absolute Gasteiger partial charge is 0.367 e. The maximum atomic E-state index is 14.1. The minimum atomic E-state index is -0.777. The van der Waals surface area contributed by atoms with E-state index in [0.717, 1.165) is 44.5 Å². The number of carbonyl (C=O) groups excluding carboxylic acids is 3. The zero-order chi connectivity index (χ0) is 26.7. The smallest absolute Gasteiger partial charge is 0.249 e. The van der Waals surface area contributed by atoms with Gasteiger partial charge in [-0.3, -0.25) is 14.4 Å². The van der Waals surface area contributed by atoms with Gasteiger partial charge in [0.15, 0.2) is 5.78 Å². The number of nitrogens with zero attached hydrogens (tertiary/aromatic N) is 5. The summed E-state index contributed by atoms with van der Waals surface area (Å²) in [6, 6.07) is 4.32. The molecule has 37 heavy (non-hydrogen) atoms. The number of Topliss-reactive ketones (excluding diaryl/α,β-unsaturated/α-hetero) is 1. The molecule has 0 aliphatic carbocycles. The Bertz CT molecular complexity index is 1080. The molecule has 10 nitrogen and oxygen atoms in total. The van der Waals surface area contributed by atoms with Gasteiger partial charge in [-0.2, -0.15) is 0 Å². The fourth-order valence-corrected chi connectivity index (χ4v) is 6.21. The van der Waals surface area contributed by atoms with E-state index in [1.54, 1.807) is 6.07 Å². The van der Waals surface area contributed by atoms with Gasteiger partial charge in [0.25, 0.3) is 0 Å². The average molecular weight is 511 g/mol. The second kappa shape index (κ2) is 11.6. The van der Waals surface area contributed by atoms with Gasteiger partial charge in [0.1, 0.15) is 12.6 Å². The molecule has 1 aromatic rings. The molecular formula is C27H38N6O4. The highest BCUT2D eigenvalue weighted by atomic mass is 16.5. The molecule has 0 unspecified atom stereocenters. The molecule has 0 saturated carbocycles. The van der Waals surface area contributed by atoms with E-state index >= 15 is 0 Å². The first-order chi connectivity index (χ1) is 17.7. The van der Waals surface area contributed by atoms with E-state index in [0.29, 0.717) is 23.5 Å². The van der Waals surface area contributed by atoms with Crippen LogP contribution < -0.4 is 5.73 Å². The summed E-state index contributed by atoms with van der Waals surface area (Å²) < 4.78 is 5.60. The van der Waals surface area contributed by atoms with Crippen molar-refractivity contribution in [3.05, 3.63) is 45.3 Å². The maximum Gasteiger partial charge on any atom is 0.249 e. The van der Waals surface area contributed by atoms with Crippen LogP contribution in [0.5, 0.6) is 0 Å². The Balaban J connectivity index is 1.68. The predicted octanol–water partition coefficient (Wildman–Crippen LogP) is 3.36. The molecule has 0 spiro atoms. The van der Waals surface area contributed by atoms with Crippen LogP contribution in [0, 0.1) is 5.92 Å². The molecule has 200 valence electrons. The van der Waals surface area contributed by atoms with Gasteiger partial charge < -0.3 is 20.3 Å². The predicted molar refractivity (Wildman–Crippen MR) is 139 cm³/mol. The summed E-state index contributed by atoms with van der Waals surface area (Å²) >= 11 is 0. The van der Waals surface area contributed by atoms with Gasteiger partial charge in [-0.25, -0.2) is 0 Å². The summed E-state index contributed by atoms with van der Waals surface area (Å²) in [6.45, 7) is 9.40. The number of likely N-dealkylation sites (tertiary alicyclic amines) is 2. The van der Waals surface area contributed by atoms with Crippen LogP contribution >= 0.6 is 0 Å². The summed E-state index contributed by atoms with van der Waals surface area (Å²) in [5, 5.41) is 3.80. The number of primary amides is 1. The van der Waals surface area contributed by atoms with E-state index in [2.05, 4.69) is 21.8 Å². The summed E-state index contributed by atoms with van der Waals surface area (Å²) in [7, 11) is 0. The fraction of sp³-hybridized carbons (Fsp3) is 0.667. The quantitative estimate of drug-likeness (QED) is 0.308. The highest BCUT2D eigenvalue weighted by Gasteiger charge is 2.53. The maximum absolute atomic E-state index is 14.1. The molecule has 4 atom stereocenters. The lowest BCUT2D eigenvalue weighted by atomic mass is 9.81. The van der Waals surface area contributed by atoms with Crippen LogP contribution in [-0.2, 0) is 14.3 Å². The zero-order valence-electron chi connectivity index (χ0n) is 22.0. The first kappa shape index (κ1) is 27.1. The monoisotopic (exact) mass is 510 g/mol. The molecule has 3 heterocycles. The molecule has 3 aliphatic rings. The first-order valence-corrected chi connectivity index (χ1v) is 13.4. The molecule has 1 aromatic carbocycles. The van der Waals surface area contributed by atoms with Crippen molar-refractivity contribution in [1.82, 2.24) is 9.80 Å². The number of rotatable bonds is 9. The molecule has 0 bridgehead atoms. The van der Waals surface area contributed by atoms with Crippen molar-refractivity contribution in [1.29, 1.82) is 0 Å². The van der Waals surface area contributed by atoms with Crippen molar-refractivity contribution >= 4 is 17.6 Å². The number of carbonyl (C=O) groups is 3. The Kier molecular flexibility index (Phi) is 8.52. The van der Waals surface area contributed by atoms with Gasteiger partial charge in [0.2, 0.25) is 11.8 Å². The van der Waals surface area contributed by atoms with E-state index in [1.807, 2.05) is 26.0 Å². The topological polar surface area (TPSA) is 142 Å². The number of azide groups is 1. The van der Waals surface area contributed by atoms with Crippen LogP contribution in [-0.4, -0.2) is 78.4 Å². The number of ketones is 1. The fourth-order valence-electron chi connectivity index (χ4n) is 6.21. The normalized spacial score (nSPS) is 25.2. The van der Waals surface area contributed by atoms with Gasteiger partial charge >= 0.3 is 0 Å². The van der Waals surface area contributed by atoms with Gasteiger partial charge in [0.05, 0.1) is 18.1 Å². The Morgan fingerprint density at radius 3 is 2.62 bits per heavy atom. The number of hydrogen-bond donors (Lipinski definition) is 1. The number of benzene rings is 1. The van der Waals surface area contributed by atoms with Crippen LogP contribution in [0.3, 0.4) is 0 Å². The highest BCUT2D eigenvalue weighted by Crippen LogP contribution is 2.38. The number of piperidine rings is 1. The first-order valence-electron chi connectivity index (χ1n) is 13.4. The Morgan fingerprint density at radius 1 is 1.27 bits per heavy atom. The Hall–Kier alpha value is -2.94. The third kappa shape index (κ3) is 5.66. The van der Waals surface area contributed by atoms with E-state index in [9.17, 15) is 14.4 Å². The lowest BCUT2D eigenvalue weighted by molar-refractivity contribution is -0.138. The molecule has 3 aliphatic heterocycles. The summed E-state index contributed by atoms with van der Waals surface area (Å²) in [5.41, 5.74) is 16.9. The number of nitrogens with two attached hydrogens (primary N) is 1. The van der Waals surface area contributed by atoms with Crippen molar-refractivity contribution in [2.45, 2.75) is 76.5 Å². The Labute approximate surface area is 218 Å². The summed E-state index contributed by atoms with van der Waals surface area (Å²) in [6.07, 6.45) is 3.03.